The minimum absolute atomic E-state index is 0.670. The van der Waals surface area contributed by atoms with Crippen molar-refractivity contribution in [2.75, 3.05) is 11.1 Å². The maximum Gasteiger partial charge on any atom is 0.152 e. The van der Waals surface area contributed by atoms with E-state index in [1.807, 2.05) is 44.3 Å². The monoisotopic (exact) mass is 253 g/mol. The Hall–Kier alpha value is -2.56. The first-order valence-corrected chi connectivity index (χ1v) is 6.06. The SMILES string of the molecule is Cc1nn(C)c(Nc2cccc3ncccc23)c1N. The Morgan fingerprint density at radius 1 is 1.21 bits per heavy atom. The smallest absolute Gasteiger partial charge is 0.152 e. The van der Waals surface area contributed by atoms with Gasteiger partial charge in [0.05, 0.1) is 16.9 Å². The molecule has 2 aromatic heterocycles. The molecule has 0 saturated heterocycles. The van der Waals surface area contributed by atoms with Gasteiger partial charge in [0.2, 0.25) is 0 Å². The van der Waals surface area contributed by atoms with E-state index >= 15 is 0 Å². The number of fused-ring (bicyclic) bond motifs is 1. The topological polar surface area (TPSA) is 68.8 Å². The molecule has 2 heterocycles. The van der Waals surface area contributed by atoms with Gasteiger partial charge in [-0.3, -0.25) is 9.67 Å². The van der Waals surface area contributed by atoms with Crippen molar-refractivity contribution in [2.45, 2.75) is 6.92 Å². The number of benzene rings is 1. The number of aromatic nitrogens is 3. The molecule has 0 spiro atoms. The Morgan fingerprint density at radius 3 is 2.79 bits per heavy atom. The van der Waals surface area contributed by atoms with Crippen LogP contribution in [-0.4, -0.2) is 14.8 Å². The molecule has 0 atom stereocenters. The van der Waals surface area contributed by atoms with Gasteiger partial charge in [-0.25, -0.2) is 0 Å². The van der Waals surface area contributed by atoms with Crippen LogP contribution in [0.1, 0.15) is 5.69 Å². The van der Waals surface area contributed by atoms with Crippen LogP contribution in [0.5, 0.6) is 0 Å². The summed E-state index contributed by atoms with van der Waals surface area (Å²) in [5, 5.41) is 8.70. The highest BCUT2D eigenvalue weighted by molar-refractivity contribution is 5.93. The molecule has 0 saturated carbocycles. The fourth-order valence-electron chi connectivity index (χ4n) is 2.16. The van der Waals surface area contributed by atoms with E-state index in [1.54, 1.807) is 10.9 Å². The minimum atomic E-state index is 0.670. The van der Waals surface area contributed by atoms with Gasteiger partial charge in [0.15, 0.2) is 5.82 Å². The number of hydrogen-bond donors (Lipinski definition) is 2. The molecule has 96 valence electrons. The summed E-state index contributed by atoms with van der Waals surface area (Å²) in [6.07, 6.45) is 1.79. The molecule has 5 nitrogen and oxygen atoms in total. The average molecular weight is 253 g/mol. The van der Waals surface area contributed by atoms with Gasteiger partial charge in [-0.05, 0) is 31.2 Å². The fourth-order valence-corrected chi connectivity index (χ4v) is 2.16. The summed E-state index contributed by atoms with van der Waals surface area (Å²) >= 11 is 0. The standard InChI is InChI=1S/C14H15N5/c1-9-13(15)14(19(2)18-9)17-12-7-3-6-11-10(12)5-4-8-16-11/h3-8,17H,15H2,1-2H3. The Morgan fingerprint density at radius 2 is 2.05 bits per heavy atom. The zero-order chi connectivity index (χ0) is 13.4. The van der Waals surface area contributed by atoms with Gasteiger partial charge in [0.1, 0.15) is 0 Å². The predicted molar refractivity (Wildman–Crippen MR) is 77.4 cm³/mol. The van der Waals surface area contributed by atoms with Crippen molar-refractivity contribution in [3.8, 4) is 0 Å². The molecule has 19 heavy (non-hydrogen) atoms. The molecule has 3 aromatic rings. The summed E-state index contributed by atoms with van der Waals surface area (Å²) in [6, 6.07) is 9.91. The van der Waals surface area contributed by atoms with E-state index in [-0.39, 0.29) is 0 Å². The van der Waals surface area contributed by atoms with Gasteiger partial charge in [-0.2, -0.15) is 5.10 Å². The lowest BCUT2D eigenvalue weighted by molar-refractivity contribution is 0.765. The predicted octanol–water partition coefficient (Wildman–Crippen LogP) is 2.60. The van der Waals surface area contributed by atoms with Crippen molar-refractivity contribution < 1.29 is 0 Å². The number of anilines is 3. The Labute approximate surface area is 111 Å². The number of nitrogens with two attached hydrogens (primary N) is 1. The molecular formula is C14H15N5. The van der Waals surface area contributed by atoms with Crippen molar-refractivity contribution in [3.05, 3.63) is 42.2 Å². The Balaban J connectivity index is 2.11. The second-order valence-electron chi connectivity index (χ2n) is 4.47. The zero-order valence-electron chi connectivity index (χ0n) is 10.9. The molecule has 0 fully saturated rings. The lowest BCUT2D eigenvalue weighted by atomic mass is 10.2. The lowest BCUT2D eigenvalue weighted by Crippen LogP contribution is -2.01. The van der Waals surface area contributed by atoms with E-state index in [2.05, 4.69) is 15.4 Å². The molecule has 5 heteroatoms. The number of pyridine rings is 1. The average Bonchev–Trinajstić information content (AvgIpc) is 2.66. The molecule has 3 N–H and O–H groups in total. The largest absolute Gasteiger partial charge is 0.394 e. The molecule has 0 amide bonds. The molecule has 0 aliphatic carbocycles. The van der Waals surface area contributed by atoms with E-state index in [4.69, 9.17) is 5.73 Å². The normalized spacial score (nSPS) is 10.8. The maximum absolute atomic E-state index is 6.03. The Kier molecular flexibility index (Phi) is 2.59. The second kappa shape index (κ2) is 4.28. The summed E-state index contributed by atoms with van der Waals surface area (Å²) in [6.45, 7) is 1.89. The van der Waals surface area contributed by atoms with Gasteiger partial charge < -0.3 is 11.1 Å². The van der Waals surface area contributed by atoms with Gasteiger partial charge in [-0.15, -0.1) is 0 Å². The summed E-state index contributed by atoms with van der Waals surface area (Å²) < 4.78 is 1.75. The highest BCUT2D eigenvalue weighted by atomic mass is 15.3. The highest BCUT2D eigenvalue weighted by Gasteiger charge is 2.11. The number of hydrogen-bond acceptors (Lipinski definition) is 4. The van der Waals surface area contributed by atoms with Crippen LogP contribution in [0.15, 0.2) is 36.5 Å². The molecule has 3 rings (SSSR count). The Bertz CT molecular complexity index is 739. The maximum atomic E-state index is 6.03. The van der Waals surface area contributed by atoms with Gasteiger partial charge >= 0.3 is 0 Å². The van der Waals surface area contributed by atoms with Crippen molar-refractivity contribution in [1.29, 1.82) is 0 Å². The van der Waals surface area contributed by atoms with E-state index < -0.39 is 0 Å². The zero-order valence-corrected chi connectivity index (χ0v) is 10.9. The molecule has 0 bridgehead atoms. The lowest BCUT2D eigenvalue weighted by Gasteiger charge is -2.10. The molecular weight excluding hydrogens is 238 g/mol. The van der Waals surface area contributed by atoms with Crippen LogP contribution in [0.4, 0.5) is 17.2 Å². The van der Waals surface area contributed by atoms with Crippen molar-refractivity contribution in [1.82, 2.24) is 14.8 Å². The van der Waals surface area contributed by atoms with E-state index in [1.165, 1.54) is 0 Å². The molecule has 0 aliphatic heterocycles. The van der Waals surface area contributed by atoms with E-state index in [0.29, 0.717) is 5.69 Å². The highest BCUT2D eigenvalue weighted by Crippen LogP contribution is 2.29. The third kappa shape index (κ3) is 1.89. The van der Waals surface area contributed by atoms with Crippen LogP contribution < -0.4 is 11.1 Å². The summed E-state index contributed by atoms with van der Waals surface area (Å²) in [5.41, 5.74) is 9.45. The van der Waals surface area contributed by atoms with Crippen molar-refractivity contribution >= 4 is 28.1 Å². The third-order valence-electron chi connectivity index (χ3n) is 3.17. The molecule has 1 aromatic carbocycles. The summed E-state index contributed by atoms with van der Waals surface area (Å²) in [4.78, 5) is 4.34. The van der Waals surface area contributed by atoms with Gasteiger partial charge in [0.25, 0.3) is 0 Å². The van der Waals surface area contributed by atoms with Crippen LogP contribution in [0.25, 0.3) is 10.9 Å². The second-order valence-corrected chi connectivity index (χ2v) is 4.47. The third-order valence-corrected chi connectivity index (χ3v) is 3.17. The first kappa shape index (κ1) is 11.5. The molecule has 0 unspecified atom stereocenters. The minimum Gasteiger partial charge on any atom is -0.394 e. The van der Waals surface area contributed by atoms with Crippen LogP contribution in [0.2, 0.25) is 0 Å². The summed E-state index contributed by atoms with van der Waals surface area (Å²) in [5.74, 6) is 0.800. The number of nitrogens with zero attached hydrogens (tertiary/aromatic N) is 3. The molecule has 0 aliphatic rings. The number of aryl methyl sites for hydroxylation is 2. The summed E-state index contributed by atoms with van der Waals surface area (Å²) in [7, 11) is 1.87. The number of nitrogens with one attached hydrogen (secondary N) is 1. The number of rotatable bonds is 2. The van der Waals surface area contributed by atoms with Crippen LogP contribution in [-0.2, 0) is 7.05 Å². The van der Waals surface area contributed by atoms with Crippen LogP contribution >= 0.6 is 0 Å². The van der Waals surface area contributed by atoms with E-state index in [9.17, 15) is 0 Å². The van der Waals surface area contributed by atoms with Crippen LogP contribution in [0, 0.1) is 6.92 Å². The quantitative estimate of drug-likeness (QED) is 0.736. The van der Waals surface area contributed by atoms with Crippen molar-refractivity contribution in [3.63, 3.8) is 0 Å². The van der Waals surface area contributed by atoms with Gasteiger partial charge in [-0.1, -0.05) is 6.07 Å². The first-order valence-electron chi connectivity index (χ1n) is 6.06. The number of nitrogen functional groups attached to an aromatic ring is 1. The van der Waals surface area contributed by atoms with Crippen molar-refractivity contribution in [2.24, 2.45) is 7.05 Å². The molecule has 0 radical (unpaired) electrons. The first-order chi connectivity index (χ1) is 9.16. The fraction of sp³-hybridized carbons (Fsp3) is 0.143. The van der Waals surface area contributed by atoms with Crippen LogP contribution in [0.3, 0.4) is 0 Å². The van der Waals surface area contributed by atoms with E-state index in [0.717, 1.165) is 28.1 Å². The van der Waals surface area contributed by atoms with Gasteiger partial charge in [0, 0.05) is 24.3 Å².